The number of methoxy groups -OCH3 is 1. The summed E-state index contributed by atoms with van der Waals surface area (Å²) in [5.74, 6) is 1.32. The van der Waals surface area contributed by atoms with Crippen LogP contribution in [0, 0.1) is 11.3 Å². The Morgan fingerprint density at radius 2 is 2.19 bits per heavy atom. The van der Waals surface area contributed by atoms with Gasteiger partial charge in [0, 0.05) is 17.5 Å². The van der Waals surface area contributed by atoms with Gasteiger partial charge in [-0.25, -0.2) is 0 Å². The second-order valence-corrected chi connectivity index (χ2v) is 6.26. The van der Waals surface area contributed by atoms with Gasteiger partial charge in [-0.2, -0.15) is 0 Å². The molecule has 0 saturated carbocycles. The molecule has 1 amide bonds. The lowest BCUT2D eigenvalue weighted by molar-refractivity contribution is -0.132. The highest BCUT2D eigenvalue weighted by Gasteiger charge is 2.37. The molecule has 1 aromatic carbocycles. The highest BCUT2D eigenvalue weighted by molar-refractivity contribution is 5.82. The first-order chi connectivity index (χ1) is 10.1. The van der Waals surface area contributed by atoms with Gasteiger partial charge in [0.15, 0.2) is 0 Å². The number of nitrogens with one attached hydrogen (secondary N) is 2. The number of para-hydroxylation sites is 1. The normalized spacial score (nSPS) is 19.1. The van der Waals surface area contributed by atoms with Crippen LogP contribution in [0.2, 0.25) is 0 Å². The monoisotopic (exact) mass is 290 g/mol. The Morgan fingerprint density at radius 3 is 2.86 bits per heavy atom. The molecule has 1 heterocycles. The maximum absolute atomic E-state index is 12.6. The summed E-state index contributed by atoms with van der Waals surface area (Å²) in [7, 11) is 1.65. The average Bonchev–Trinajstić information content (AvgIpc) is 2.53. The van der Waals surface area contributed by atoms with Gasteiger partial charge < -0.3 is 15.4 Å². The molecule has 1 unspecified atom stereocenters. The van der Waals surface area contributed by atoms with E-state index in [0.29, 0.717) is 12.5 Å². The summed E-state index contributed by atoms with van der Waals surface area (Å²) in [5.41, 5.74) is 0.654. The lowest BCUT2D eigenvalue weighted by Gasteiger charge is -2.36. The predicted molar refractivity (Wildman–Crippen MR) is 84.2 cm³/mol. The molecular formula is C17H26N2O2. The lowest BCUT2D eigenvalue weighted by Crippen LogP contribution is -2.47. The van der Waals surface area contributed by atoms with Gasteiger partial charge in [-0.1, -0.05) is 32.0 Å². The highest BCUT2D eigenvalue weighted by Crippen LogP contribution is 2.32. The Bertz CT molecular complexity index is 479. The van der Waals surface area contributed by atoms with Crippen molar-refractivity contribution in [2.75, 3.05) is 20.2 Å². The van der Waals surface area contributed by atoms with E-state index in [1.807, 2.05) is 38.1 Å². The van der Waals surface area contributed by atoms with Gasteiger partial charge in [0.2, 0.25) is 5.91 Å². The molecule has 4 nitrogen and oxygen atoms in total. The Balaban J connectivity index is 1.97. The van der Waals surface area contributed by atoms with Crippen molar-refractivity contribution in [1.29, 1.82) is 0 Å². The largest absolute Gasteiger partial charge is 0.496 e. The number of hydrogen-bond acceptors (Lipinski definition) is 3. The van der Waals surface area contributed by atoms with Gasteiger partial charge >= 0.3 is 0 Å². The fourth-order valence-corrected chi connectivity index (χ4v) is 2.91. The van der Waals surface area contributed by atoms with Crippen LogP contribution in [-0.2, 0) is 11.3 Å². The molecule has 116 valence electrons. The topological polar surface area (TPSA) is 50.4 Å². The smallest absolute Gasteiger partial charge is 0.226 e. The summed E-state index contributed by atoms with van der Waals surface area (Å²) in [6.07, 6.45) is 2.26. The third-order valence-electron chi connectivity index (χ3n) is 4.53. The van der Waals surface area contributed by atoms with Crippen LogP contribution in [0.4, 0.5) is 0 Å². The number of rotatable bonds is 5. The van der Waals surface area contributed by atoms with E-state index in [1.165, 1.54) is 0 Å². The molecule has 1 atom stereocenters. The first-order valence-electron chi connectivity index (χ1n) is 7.66. The standard InChI is InChI=1S/C17H26N2O2/c1-17(2,14-8-6-10-18-12-14)16(20)19-11-13-7-4-5-9-15(13)21-3/h4-5,7,9,14,18H,6,8,10-12H2,1-3H3,(H,19,20). The number of carbonyl (C=O) groups excluding carboxylic acids is 1. The van der Waals surface area contributed by atoms with Crippen molar-refractivity contribution >= 4 is 5.91 Å². The first kappa shape index (κ1) is 15.8. The number of benzene rings is 1. The van der Waals surface area contributed by atoms with Crippen molar-refractivity contribution in [2.24, 2.45) is 11.3 Å². The van der Waals surface area contributed by atoms with Crippen molar-refractivity contribution in [3.05, 3.63) is 29.8 Å². The second kappa shape index (κ2) is 6.94. The fraction of sp³-hybridized carbons (Fsp3) is 0.588. The summed E-state index contributed by atoms with van der Waals surface area (Å²) >= 11 is 0. The fourth-order valence-electron chi connectivity index (χ4n) is 2.91. The molecule has 1 aromatic rings. The Morgan fingerprint density at radius 1 is 1.43 bits per heavy atom. The molecule has 1 fully saturated rings. The molecule has 0 bridgehead atoms. The molecule has 0 aromatic heterocycles. The molecular weight excluding hydrogens is 264 g/mol. The van der Waals surface area contributed by atoms with Crippen molar-refractivity contribution in [1.82, 2.24) is 10.6 Å². The first-order valence-corrected chi connectivity index (χ1v) is 7.66. The van der Waals surface area contributed by atoms with Gasteiger partial charge in [0.1, 0.15) is 5.75 Å². The van der Waals surface area contributed by atoms with Crippen LogP contribution in [0.1, 0.15) is 32.3 Å². The van der Waals surface area contributed by atoms with E-state index in [4.69, 9.17) is 4.74 Å². The molecule has 2 N–H and O–H groups in total. The average molecular weight is 290 g/mol. The summed E-state index contributed by atoms with van der Waals surface area (Å²) in [6.45, 7) is 6.58. The number of hydrogen-bond donors (Lipinski definition) is 2. The zero-order valence-corrected chi connectivity index (χ0v) is 13.2. The van der Waals surface area contributed by atoms with Crippen molar-refractivity contribution in [3.63, 3.8) is 0 Å². The van der Waals surface area contributed by atoms with Crippen molar-refractivity contribution in [3.8, 4) is 5.75 Å². The van der Waals surface area contributed by atoms with Crippen molar-refractivity contribution < 1.29 is 9.53 Å². The third-order valence-corrected chi connectivity index (χ3v) is 4.53. The molecule has 21 heavy (non-hydrogen) atoms. The summed E-state index contributed by atoms with van der Waals surface area (Å²) in [5, 5.41) is 6.45. The molecule has 0 spiro atoms. The van der Waals surface area contributed by atoms with Crippen LogP contribution < -0.4 is 15.4 Å². The molecule has 1 aliphatic rings. The van der Waals surface area contributed by atoms with Gasteiger partial charge in [-0.3, -0.25) is 4.79 Å². The van der Waals surface area contributed by atoms with E-state index in [1.54, 1.807) is 7.11 Å². The van der Waals surface area contributed by atoms with E-state index in [2.05, 4.69) is 10.6 Å². The van der Waals surface area contributed by atoms with Gasteiger partial charge in [0.05, 0.1) is 7.11 Å². The Hall–Kier alpha value is -1.55. The van der Waals surface area contributed by atoms with Crippen LogP contribution >= 0.6 is 0 Å². The van der Waals surface area contributed by atoms with E-state index in [9.17, 15) is 4.79 Å². The molecule has 1 saturated heterocycles. The van der Waals surface area contributed by atoms with E-state index in [0.717, 1.165) is 37.2 Å². The minimum absolute atomic E-state index is 0.113. The van der Waals surface area contributed by atoms with E-state index < -0.39 is 0 Å². The second-order valence-electron chi connectivity index (χ2n) is 6.26. The Kier molecular flexibility index (Phi) is 5.23. The predicted octanol–water partition coefficient (Wildman–Crippen LogP) is 2.34. The SMILES string of the molecule is COc1ccccc1CNC(=O)C(C)(C)C1CCCNC1. The lowest BCUT2D eigenvalue weighted by atomic mass is 9.74. The third kappa shape index (κ3) is 3.76. The van der Waals surface area contributed by atoms with Gasteiger partial charge in [-0.05, 0) is 37.9 Å². The molecule has 1 aliphatic heterocycles. The summed E-state index contributed by atoms with van der Waals surface area (Å²) < 4.78 is 5.32. The number of amides is 1. The van der Waals surface area contributed by atoms with E-state index in [-0.39, 0.29) is 11.3 Å². The summed E-state index contributed by atoms with van der Waals surface area (Å²) in [6, 6.07) is 7.79. The molecule has 0 aliphatic carbocycles. The van der Waals surface area contributed by atoms with Crippen LogP contribution in [0.5, 0.6) is 5.75 Å². The highest BCUT2D eigenvalue weighted by atomic mass is 16.5. The Labute approximate surface area is 127 Å². The number of carbonyl (C=O) groups is 1. The molecule has 0 radical (unpaired) electrons. The van der Waals surface area contributed by atoms with Crippen LogP contribution in [0.3, 0.4) is 0 Å². The van der Waals surface area contributed by atoms with Crippen LogP contribution in [-0.4, -0.2) is 26.1 Å². The quantitative estimate of drug-likeness (QED) is 0.875. The maximum Gasteiger partial charge on any atom is 0.226 e. The zero-order valence-electron chi connectivity index (χ0n) is 13.2. The zero-order chi connectivity index (χ0) is 15.3. The van der Waals surface area contributed by atoms with E-state index >= 15 is 0 Å². The number of piperidine rings is 1. The van der Waals surface area contributed by atoms with Crippen LogP contribution in [0.15, 0.2) is 24.3 Å². The number of ether oxygens (including phenoxy) is 1. The molecule has 4 heteroatoms. The minimum Gasteiger partial charge on any atom is -0.496 e. The van der Waals surface area contributed by atoms with Gasteiger partial charge in [-0.15, -0.1) is 0 Å². The van der Waals surface area contributed by atoms with Crippen molar-refractivity contribution in [2.45, 2.75) is 33.2 Å². The summed E-state index contributed by atoms with van der Waals surface area (Å²) in [4.78, 5) is 12.6. The maximum atomic E-state index is 12.6. The van der Waals surface area contributed by atoms with Crippen LogP contribution in [0.25, 0.3) is 0 Å². The minimum atomic E-state index is -0.352. The molecule has 2 rings (SSSR count). The van der Waals surface area contributed by atoms with Gasteiger partial charge in [0.25, 0.3) is 0 Å².